The number of carbonyl (C=O) groups is 1. The third-order valence-corrected chi connectivity index (χ3v) is 5.04. The first kappa shape index (κ1) is 15.0. The Morgan fingerprint density at radius 3 is 2.86 bits per heavy atom. The summed E-state index contributed by atoms with van der Waals surface area (Å²) < 4.78 is 0.927. The van der Waals surface area contributed by atoms with Crippen LogP contribution in [-0.4, -0.2) is 33.7 Å². The van der Waals surface area contributed by atoms with Crippen LogP contribution in [0.2, 0.25) is 0 Å². The van der Waals surface area contributed by atoms with Gasteiger partial charge in [-0.05, 0) is 31.2 Å². The maximum absolute atomic E-state index is 12.6. The van der Waals surface area contributed by atoms with Gasteiger partial charge in [-0.2, -0.15) is 0 Å². The van der Waals surface area contributed by atoms with Crippen LogP contribution in [0, 0.1) is 0 Å². The van der Waals surface area contributed by atoms with Gasteiger partial charge >= 0.3 is 5.69 Å². The number of H-pyrrole nitrogens is 1. The lowest BCUT2D eigenvalue weighted by atomic mass is 9.97. The number of hydrogen-bond donors (Lipinski definition) is 3. The van der Waals surface area contributed by atoms with E-state index < -0.39 is 17.2 Å². The second-order valence-corrected chi connectivity index (χ2v) is 6.42. The minimum absolute atomic E-state index is 0.0988. The third kappa shape index (κ3) is 2.59. The number of nitrogens with zero attached hydrogens (tertiary/aromatic N) is 1. The van der Waals surface area contributed by atoms with Crippen LogP contribution in [0.4, 0.5) is 0 Å². The van der Waals surface area contributed by atoms with Crippen molar-refractivity contribution in [3.05, 3.63) is 31.3 Å². The number of aliphatic hydroxyl groups excluding tert-OH is 1. The Bertz CT molecular complexity index is 833. The Balaban J connectivity index is 2.06. The predicted octanol–water partition coefficient (Wildman–Crippen LogP) is -0.261. The van der Waals surface area contributed by atoms with Crippen LogP contribution in [0.25, 0.3) is 10.2 Å². The van der Waals surface area contributed by atoms with E-state index in [0.717, 1.165) is 40.7 Å². The molecule has 3 N–H and O–H groups in total. The van der Waals surface area contributed by atoms with Gasteiger partial charge in [-0.1, -0.05) is 0 Å². The molecule has 3 rings (SSSR count). The summed E-state index contributed by atoms with van der Waals surface area (Å²) in [7, 11) is 0. The largest absolute Gasteiger partial charge is 0.395 e. The van der Waals surface area contributed by atoms with Crippen LogP contribution >= 0.6 is 11.3 Å². The Morgan fingerprint density at radius 1 is 1.32 bits per heavy atom. The van der Waals surface area contributed by atoms with E-state index in [1.807, 2.05) is 0 Å². The van der Waals surface area contributed by atoms with Gasteiger partial charge in [0.05, 0.1) is 12.0 Å². The van der Waals surface area contributed by atoms with Gasteiger partial charge in [-0.3, -0.25) is 19.1 Å². The quantitative estimate of drug-likeness (QED) is 0.721. The number of nitrogens with one attached hydrogen (secondary N) is 2. The Kier molecular flexibility index (Phi) is 4.12. The van der Waals surface area contributed by atoms with E-state index in [4.69, 9.17) is 5.11 Å². The molecule has 2 aromatic heterocycles. The van der Waals surface area contributed by atoms with E-state index >= 15 is 0 Å². The van der Waals surface area contributed by atoms with Crippen LogP contribution in [0.15, 0.2) is 9.59 Å². The summed E-state index contributed by atoms with van der Waals surface area (Å²) in [6.45, 7) is -0.426. The average Bonchev–Trinajstić information content (AvgIpc) is 2.87. The van der Waals surface area contributed by atoms with Crippen molar-refractivity contribution in [2.75, 3.05) is 13.2 Å². The lowest BCUT2D eigenvalue weighted by Crippen LogP contribution is -2.41. The molecular weight excluding hydrogens is 306 g/mol. The normalized spacial score (nSPS) is 14.0. The summed E-state index contributed by atoms with van der Waals surface area (Å²) >= 11 is 1.47. The molecule has 8 heteroatoms. The third-order valence-electron chi connectivity index (χ3n) is 3.83. The van der Waals surface area contributed by atoms with Crippen LogP contribution < -0.4 is 16.6 Å². The van der Waals surface area contributed by atoms with Gasteiger partial charge in [0.25, 0.3) is 5.56 Å². The molecule has 1 aliphatic rings. The highest BCUT2D eigenvalue weighted by atomic mass is 32.1. The molecule has 0 saturated heterocycles. The molecule has 0 saturated carbocycles. The van der Waals surface area contributed by atoms with Crippen molar-refractivity contribution in [1.29, 1.82) is 0 Å². The molecule has 2 heterocycles. The molecule has 0 radical (unpaired) electrons. The van der Waals surface area contributed by atoms with Gasteiger partial charge in [-0.15, -0.1) is 11.3 Å². The fourth-order valence-electron chi connectivity index (χ4n) is 2.81. The number of thiophene rings is 1. The maximum atomic E-state index is 12.6. The highest BCUT2D eigenvalue weighted by Gasteiger charge is 2.21. The molecule has 0 spiro atoms. The van der Waals surface area contributed by atoms with Crippen LogP contribution in [0.1, 0.15) is 23.3 Å². The highest BCUT2D eigenvalue weighted by Crippen LogP contribution is 2.32. The van der Waals surface area contributed by atoms with Crippen molar-refractivity contribution in [3.63, 3.8) is 0 Å². The maximum Gasteiger partial charge on any atom is 0.329 e. The van der Waals surface area contributed by atoms with Gasteiger partial charge in [0.15, 0.2) is 0 Å². The second-order valence-electron chi connectivity index (χ2n) is 5.31. The zero-order valence-electron chi connectivity index (χ0n) is 12.0. The number of fused-ring (bicyclic) bond motifs is 3. The van der Waals surface area contributed by atoms with Crippen LogP contribution in [0.5, 0.6) is 0 Å². The summed E-state index contributed by atoms with van der Waals surface area (Å²) in [5, 5.41) is 11.7. The molecule has 22 heavy (non-hydrogen) atoms. The predicted molar refractivity (Wildman–Crippen MR) is 83.4 cm³/mol. The molecule has 1 aliphatic carbocycles. The van der Waals surface area contributed by atoms with E-state index in [2.05, 4.69) is 10.3 Å². The van der Waals surface area contributed by atoms with Gasteiger partial charge in [0, 0.05) is 11.4 Å². The Labute approximate surface area is 129 Å². The fraction of sp³-hybridized carbons (Fsp3) is 0.500. The van der Waals surface area contributed by atoms with E-state index in [0.29, 0.717) is 10.2 Å². The second kappa shape index (κ2) is 6.05. The first-order valence-electron chi connectivity index (χ1n) is 7.26. The molecule has 7 nitrogen and oxygen atoms in total. The molecule has 1 amide bonds. The van der Waals surface area contributed by atoms with Crippen LogP contribution in [-0.2, 0) is 24.2 Å². The van der Waals surface area contributed by atoms with Gasteiger partial charge in [-0.25, -0.2) is 4.79 Å². The zero-order valence-corrected chi connectivity index (χ0v) is 12.8. The number of amides is 1. The smallest absolute Gasteiger partial charge is 0.329 e. The average molecular weight is 323 g/mol. The number of rotatable bonds is 4. The van der Waals surface area contributed by atoms with Crippen LogP contribution in [0.3, 0.4) is 0 Å². The molecule has 2 aromatic rings. The highest BCUT2D eigenvalue weighted by molar-refractivity contribution is 7.18. The summed E-state index contributed by atoms with van der Waals surface area (Å²) in [4.78, 5) is 40.9. The first-order chi connectivity index (χ1) is 10.6. The Hall–Kier alpha value is -1.93. The summed E-state index contributed by atoms with van der Waals surface area (Å²) in [6, 6.07) is 0. The molecule has 0 aliphatic heterocycles. The fourth-order valence-corrected chi connectivity index (χ4v) is 4.08. The summed E-state index contributed by atoms with van der Waals surface area (Å²) in [5.41, 5.74) is 0.0459. The van der Waals surface area contributed by atoms with Crippen molar-refractivity contribution >= 4 is 27.5 Å². The topological polar surface area (TPSA) is 104 Å². The number of hydrogen-bond acceptors (Lipinski definition) is 5. The minimum Gasteiger partial charge on any atom is -0.395 e. The van der Waals surface area contributed by atoms with E-state index in [1.165, 1.54) is 11.3 Å². The standard InChI is InChI=1S/C14H17N3O4S/c18-6-5-15-10(19)7-17-13(20)11-8-3-1-2-4-9(8)22-12(11)16-14(17)21/h18H,1-7H2,(H,15,19)(H,16,21). The molecule has 0 fully saturated rings. The Morgan fingerprint density at radius 2 is 2.09 bits per heavy atom. The SMILES string of the molecule is O=C(Cn1c(=O)[nH]c2sc3c(c2c1=O)CCCC3)NCCO. The molecule has 0 unspecified atom stereocenters. The number of aromatic amines is 1. The van der Waals surface area contributed by atoms with Crippen molar-refractivity contribution < 1.29 is 9.90 Å². The van der Waals surface area contributed by atoms with Crippen molar-refractivity contribution in [2.45, 2.75) is 32.2 Å². The zero-order chi connectivity index (χ0) is 15.7. The van der Waals surface area contributed by atoms with E-state index in [1.54, 1.807) is 0 Å². The minimum atomic E-state index is -0.574. The molecule has 0 atom stereocenters. The molecular formula is C14H17N3O4S. The van der Waals surface area contributed by atoms with E-state index in [9.17, 15) is 14.4 Å². The lowest BCUT2D eigenvalue weighted by molar-refractivity contribution is -0.121. The molecule has 118 valence electrons. The van der Waals surface area contributed by atoms with Gasteiger partial charge < -0.3 is 10.4 Å². The first-order valence-corrected chi connectivity index (χ1v) is 8.08. The monoisotopic (exact) mass is 323 g/mol. The summed E-state index contributed by atoms with van der Waals surface area (Å²) in [5.74, 6) is -0.468. The van der Waals surface area contributed by atoms with Gasteiger partial charge in [0.2, 0.25) is 5.91 Å². The van der Waals surface area contributed by atoms with Crippen molar-refractivity contribution in [1.82, 2.24) is 14.9 Å². The number of aryl methyl sites for hydroxylation is 2. The summed E-state index contributed by atoms with van der Waals surface area (Å²) in [6.07, 6.45) is 3.91. The van der Waals surface area contributed by atoms with Crippen molar-refractivity contribution in [3.8, 4) is 0 Å². The number of aromatic nitrogens is 2. The molecule has 0 bridgehead atoms. The van der Waals surface area contributed by atoms with Gasteiger partial charge in [0.1, 0.15) is 11.4 Å². The van der Waals surface area contributed by atoms with E-state index in [-0.39, 0.29) is 19.7 Å². The lowest BCUT2D eigenvalue weighted by Gasteiger charge is -2.10. The van der Waals surface area contributed by atoms with Crippen molar-refractivity contribution in [2.24, 2.45) is 0 Å². The molecule has 0 aromatic carbocycles. The number of carbonyl (C=O) groups excluding carboxylic acids is 1. The number of aliphatic hydroxyl groups is 1.